The topological polar surface area (TPSA) is 89.5 Å². The predicted molar refractivity (Wildman–Crippen MR) is 132 cm³/mol. The van der Waals surface area contributed by atoms with Crippen molar-refractivity contribution in [3.63, 3.8) is 0 Å². The Bertz CT molecular complexity index is 1290. The summed E-state index contributed by atoms with van der Waals surface area (Å²) in [6, 6.07) is 8.98. The summed E-state index contributed by atoms with van der Waals surface area (Å²) < 4.78 is 13.7. The lowest BCUT2D eigenvalue weighted by atomic mass is 10.2. The molecule has 0 spiro atoms. The number of benzene rings is 2. The Morgan fingerprint density at radius 3 is 2.75 bits per heavy atom. The maximum Gasteiger partial charge on any atom is 0.282 e. The molecule has 3 rings (SSSR count). The molecule has 0 amide bonds. The van der Waals surface area contributed by atoms with E-state index in [9.17, 15) is 4.79 Å². The molecule has 0 saturated heterocycles. The molecule has 0 fully saturated rings. The summed E-state index contributed by atoms with van der Waals surface area (Å²) in [5.74, 6) is 1.20. The summed E-state index contributed by atoms with van der Waals surface area (Å²) in [5.41, 5.74) is 0.929. The Balaban J connectivity index is 2.14. The van der Waals surface area contributed by atoms with Gasteiger partial charge in [-0.15, -0.1) is 0 Å². The predicted octanol–water partition coefficient (Wildman–Crippen LogP) is 5.71. The van der Waals surface area contributed by atoms with Crippen LogP contribution < -0.4 is 15.0 Å². The van der Waals surface area contributed by atoms with Crippen LogP contribution >= 0.6 is 43.5 Å². The number of halogens is 3. The van der Waals surface area contributed by atoms with Gasteiger partial charge in [-0.1, -0.05) is 34.5 Å². The fourth-order valence-corrected chi connectivity index (χ4v) is 4.03. The van der Waals surface area contributed by atoms with Gasteiger partial charge in [0, 0.05) is 20.9 Å². The highest BCUT2D eigenvalue weighted by molar-refractivity contribution is 9.10. The molecule has 32 heavy (non-hydrogen) atoms. The molecule has 2 aromatic carbocycles. The van der Waals surface area contributed by atoms with Gasteiger partial charge < -0.3 is 9.47 Å². The van der Waals surface area contributed by atoms with Crippen molar-refractivity contribution in [1.82, 2.24) is 9.66 Å². The van der Waals surface area contributed by atoms with E-state index in [4.69, 9.17) is 26.3 Å². The van der Waals surface area contributed by atoms with E-state index in [1.807, 2.05) is 26.0 Å². The average Bonchev–Trinajstić information content (AvgIpc) is 2.77. The molecule has 1 aromatic heterocycles. The maximum atomic E-state index is 13.2. The highest BCUT2D eigenvalue weighted by Crippen LogP contribution is 2.42. The maximum absolute atomic E-state index is 13.2. The van der Waals surface area contributed by atoms with Gasteiger partial charge in [0.05, 0.1) is 23.7 Å². The number of fused-ring (bicyclic) bond motifs is 1. The lowest BCUT2D eigenvalue weighted by molar-refractivity contribution is 0.298. The first-order valence-electron chi connectivity index (χ1n) is 9.81. The molecule has 0 atom stereocenters. The second-order valence-corrected chi connectivity index (χ2v) is 8.69. The highest BCUT2D eigenvalue weighted by atomic mass is 79.9. The minimum atomic E-state index is -0.266. The summed E-state index contributed by atoms with van der Waals surface area (Å²) in [6.07, 6.45) is 2.91. The number of nitriles is 1. The Hall–Kier alpha value is -2.41. The summed E-state index contributed by atoms with van der Waals surface area (Å²) in [5, 5.41) is 14.0. The summed E-state index contributed by atoms with van der Waals surface area (Å²) in [6.45, 7) is 4.04. The standard InChI is InChI=1S/C22H19Br2ClN4O3/c1-3-5-18-28-16-7-6-14(23)11-15(16)22(30)29(18)27-12-13-10-17(31-4-2)21(32-9-8-26)20(25)19(13)24/h6-7,10-12H,3-5,9H2,1-2H3. The summed E-state index contributed by atoms with van der Waals surface area (Å²) in [4.78, 5) is 17.8. The van der Waals surface area contributed by atoms with Gasteiger partial charge in [-0.05, 0) is 53.5 Å². The minimum Gasteiger partial charge on any atom is -0.490 e. The van der Waals surface area contributed by atoms with Gasteiger partial charge in [0.1, 0.15) is 16.9 Å². The van der Waals surface area contributed by atoms with Gasteiger partial charge in [-0.25, -0.2) is 4.98 Å². The molecular weight excluding hydrogens is 564 g/mol. The van der Waals surface area contributed by atoms with Crippen LogP contribution in [-0.2, 0) is 6.42 Å². The zero-order valence-electron chi connectivity index (χ0n) is 17.4. The number of aromatic nitrogens is 2. The molecule has 0 radical (unpaired) electrons. The van der Waals surface area contributed by atoms with E-state index >= 15 is 0 Å². The van der Waals surface area contributed by atoms with Crippen molar-refractivity contribution in [2.75, 3.05) is 13.2 Å². The normalized spacial score (nSPS) is 11.1. The van der Waals surface area contributed by atoms with Gasteiger partial charge in [0.2, 0.25) is 0 Å². The van der Waals surface area contributed by atoms with Gasteiger partial charge in [0.15, 0.2) is 18.1 Å². The van der Waals surface area contributed by atoms with Crippen LogP contribution in [0.1, 0.15) is 31.7 Å². The van der Waals surface area contributed by atoms with Crippen LogP contribution in [0.25, 0.3) is 10.9 Å². The lowest BCUT2D eigenvalue weighted by Crippen LogP contribution is -2.22. The number of aryl methyl sites for hydroxylation is 1. The molecule has 166 valence electrons. The first-order valence-corrected chi connectivity index (χ1v) is 11.8. The monoisotopic (exact) mass is 580 g/mol. The molecule has 0 aliphatic carbocycles. The van der Waals surface area contributed by atoms with Crippen molar-refractivity contribution < 1.29 is 9.47 Å². The number of hydrogen-bond donors (Lipinski definition) is 0. The van der Waals surface area contributed by atoms with E-state index in [0.717, 1.165) is 10.9 Å². The molecule has 10 heteroatoms. The number of ether oxygens (including phenoxy) is 2. The summed E-state index contributed by atoms with van der Waals surface area (Å²) in [7, 11) is 0. The lowest BCUT2D eigenvalue weighted by Gasteiger charge is -2.14. The Labute approximate surface area is 206 Å². The van der Waals surface area contributed by atoms with E-state index in [1.165, 1.54) is 10.9 Å². The van der Waals surface area contributed by atoms with Crippen molar-refractivity contribution in [3.8, 4) is 17.6 Å². The highest BCUT2D eigenvalue weighted by Gasteiger charge is 2.18. The molecule has 0 aliphatic heterocycles. The minimum absolute atomic E-state index is 0.173. The SMILES string of the molecule is CCCc1nc2ccc(Br)cc2c(=O)n1N=Cc1cc(OCC)c(OCC#N)c(Cl)c1Br. The number of rotatable bonds is 8. The molecule has 0 unspecified atom stereocenters. The van der Waals surface area contributed by atoms with Gasteiger partial charge >= 0.3 is 0 Å². The van der Waals surface area contributed by atoms with Gasteiger partial charge in [-0.3, -0.25) is 4.79 Å². The van der Waals surface area contributed by atoms with E-state index < -0.39 is 0 Å². The quantitative estimate of drug-likeness (QED) is 0.318. The second kappa shape index (κ2) is 10.9. The largest absolute Gasteiger partial charge is 0.490 e. The van der Waals surface area contributed by atoms with Gasteiger partial charge in [-0.2, -0.15) is 15.0 Å². The average molecular weight is 583 g/mol. The van der Waals surface area contributed by atoms with Crippen molar-refractivity contribution in [2.24, 2.45) is 5.10 Å². The molecule has 1 heterocycles. The smallest absolute Gasteiger partial charge is 0.282 e. The van der Waals surface area contributed by atoms with Crippen LogP contribution in [-0.4, -0.2) is 29.1 Å². The molecule has 3 aromatic rings. The summed E-state index contributed by atoms with van der Waals surface area (Å²) >= 11 is 13.3. The Kier molecular flexibility index (Phi) is 8.29. The van der Waals surface area contributed by atoms with E-state index in [1.54, 1.807) is 18.2 Å². The molecule has 0 saturated carbocycles. The zero-order valence-corrected chi connectivity index (χ0v) is 21.3. The third kappa shape index (κ3) is 5.14. The third-order valence-corrected chi connectivity index (χ3v) is 6.33. The van der Waals surface area contributed by atoms with Crippen molar-refractivity contribution in [1.29, 1.82) is 5.26 Å². The van der Waals surface area contributed by atoms with Crippen molar-refractivity contribution in [3.05, 3.63) is 60.0 Å². The number of nitrogens with zero attached hydrogens (tertiary/aromatic N) is 4. The first-order chi connectivity index (χ1) is 15.4. The Morgan fingerprint density at radius 2 is 2.06 bits per heavy atom. The molecule has 0 bridgehead atoms. The molecule has 0 N–H and O–H groups in total. The zero-order chi connectivity index (χ0) is 23.3. The first kappa shape index (κ1) is 24.2. The van der Waals surface area contributed by atoms with Gasteiger partial charge in [0.25, 0.3) is 5.56 Å². The van der Waals surface area contributed by atoms with Crippen molar-refractivity contribution in [2.45, 2.75) is 26.7 Å². The number of hydrogen-bond acceptors (Lipinski definition) is 6. The Morgan fingerprint density at radius 1 is 1.28 bits per heavy atom. The van der Waals surface area contributed by atoms with Crippen LogP contribution in [0.4, 0.5) is 0 Å². The third-order valence-electron chi connectivity index (χ3n) is 4.40. The van der Waals surface area contributed by atoms with Crippen LogP contribution in [0.3, 0.4) is 0 Å². The molecule has 0 aliphatic rings. The van der Waals surface area contributed by atoms with Crippen LogP contribution in [0, 0.1) is 11.3 Å². The van der Waals surface area contributed by atoms with E-state index in [-0.39, 0.29) is 22.9 Å². The van der Waals surface area contributed by atoms with Crippen LogP contribution in [0.2, 0.25) is 5.02 Å². The fraction of sp³-hybridized carbons (Fsp3) is 0.273. The van der Waals surface area contributed by atoms with Crippen LogP contribution in [0.5, 0.6) is 11.5 Å². The van der Waals surface area contributed by atoms with Crippen LogP contribution in [0.15, 0.2) is 43.1 Å². The van der Waals surface area contributed by atoms with E-state index in [2.05, 4.69) is 41.9 Å². The molecule has 7 nitrogen and oxygen atoms in total. The van der Waals surface area contributed by atoms with Crippen molar-refractivity contribution >= 4 is 60.6 Å². The molecular formula is C22H19Br2ClN4O3. The second-order valence-electron chi connectivity index (χ2n) is 6.60. The van der Waals surface area contributed by atoms with E-state index in [0.29, 0.717) is 45.5 Å². The fourth-order valence-electron chi connectivity index (χ4n) is 3.02.